The van der Waals surface area contributed by atoms with Gasteiger partial charge in [-0.05, 0) is 37.1 Å². The van der Waals surface area contributed by atoms with Crippen LogP contribution in [0.3, 0.4) is 0 Å². The van der Waals surface area contributed by atoms with Crippen LogP contribution in [0.4, 0.5) is 0 Å². The van der Waals surface area contributed by atoms with Crippen LogP contribution < -0.4 is 10.5 Å². The zero-order chi connectivity index (χ0) is 15.4. The Hall–Kier alpha value is -0.840. The summed E-state index contributed by atoms with van der Waals surface area (Å²) in [5, 5.41) is 0. The van der Waals surface area contributed by atoms with E-state index in [9.17, 15) is 0 Å². The lowest BCUT2D eigenvalue weighted by Gasteiger charge is -2.26. The van der Waals surface area contributed by atoms with Crippen LogP contribution in [-0.2, 0) is 0 Å². The Balaban J connectivity index is 2.38. The van der Waals surface area contributed by atoms with Gasteiger partial charge in [0, 0.05) is 20.6 Å². The maximum atomic E-state index is 6.30. The average molecular weight is 413 g/mol. The van der Waals surface area contributed by atoms with Crippen molar-refractivity contribution in [2.24, 2.45) is 5.73 Å². The van der Waals surface area contributed by atoms with E-state index in [-0.39, 0.29) is 12.1 Å². The molecule has 0 aliphatic rings. The first-order chi connectivity index (χ1) is 10.0. The third kappa shape index (κ3) is 4.09. The van der Waals surface area contributed by atoms with Gasteiger partial charge in [-0.15, -0.1) is 0 Å². The van der Waals surface area contributed by atoms with Crippen LogP contribution in [0, 0.1) is 6.92 Å². The van der Waals surface area contributed by atoms with Gasteiger partial charge in [-0.3, -0.25) is 0 Å². The van der Waals surface area contributed by atoms with Crippen LogP contribution >= 0.6 is 31.9 Å². The monoisotopic (exact) mass is 411 g/mol. The Kier molecular flexibility index (Phi) is 5.85. The number of benzene rings is 2. The van der Waals surface area contributed by atoms with Gasteiger partial charge in [0.1, 0.15) is 11.9 Å². The molecule has 2 aromatic rings. The highest BCUT2D eigenvalue weighted by molar-refractivity contribution is 9.10. The molecule has 0 fully saturated rings. The number of rotatable bonds is 5. The summed E-state index contributed by atoms with van der Waals surface area (Å²) in [7, 11) is 0. The van der Waals surface area contributed by atoms with Gasteiger partial charge in [-0.1, -0.05) is 63.0 Å². The summed E-state index contributed by atoms with van der Waals surface area (Å²) in [4.78, 5) is 0. The molecule has 2 rings (SSSR count). The summed E-state index contributed by atoms with van der Waals surface area (Å²) in [5.74, 6) is 0.856. The molecule has 0 aromatic heterocycles. The lowest BCUT2D eigenvalue weighted by Crippen LogP contribution is -2.31. The highest BCUT2D eigenvalue weighted by atomic mass is 79.9. The molecule has 2 nitrogen and oxygen atoms in total. The fourth-order valence-electron chi connectivity index (χ4n) is 2.14. The maximum Gasteiger partial charge on any atom is 0.140 e. The number of nitrogens with two attached hydrogens (primary N) is 1. The lowest BCUT2D eigenvalue weighted by atomic mass is 10.0. The van der Waals surface area contributed by atoms with E-state index in [0.29, 0.717) is 0 Å². The van der Waals surface area contributed by atoms with Gasteiger partial charge in [0.05, 0.1) is 0 Å². The van der Waals surface area contributed by atoms with Crippen molar-refractivity contribution in [3.63, 3.8) is 0 Å². The molecule has 2 N–H and O–H groups in total. The predicted octanol–water partition coefficient (Wildman–Crippen LogP) is 5.38. The number of ether oxygens (including phenoxy) is 1. The summed E-state index contributed by atoms with van der Waals surface area (Å²) in [6, 6.07) is 14.0. The highest BCUT2D eigenvalue weighted by Crippen LogP contribution is 2.33. The second kappa shape index (κ2) is 7.43. The van der Waals surface area contributed by atoms with Gasteiger partial charge >= 0.3 is 0 Å². The first-order valence-electron chi connectivity index (χ1n) is 6.95. The van der Waals surface area contributed by atoms with Crippen molar-refractivity contribution in [1.82, 2.24) is 0 Å². The van der Waals surface area contributed by atoms with Crippen LogP contribution in [0.15, 0.2) is 51.4 Å². The molecular formula is C17H19Br2NO. The molecule has 0 radical (unpaired) electrons. The Morgan fingerprint density at radius 3 is 2.52 bits per heavy atom. The van der Waals surface area contributed by atoms with Gasteiger partial charge in [0.2, 0.25) is 0 Å². The molecule has 0 aliphatic heterocycles. The molecule has 0 amide bonds. The van der Waals surface area contributed by atoms with Crippen molar-refractivity contribution in [2.75, 3.05) is 0 Å². The number of hydrogen-bond donors (Lipinski definition) is 1. The minimum atomic E-state index is -0.182. The van der Waals surface area contributed by atoms with Crippen molar-refractivity contribution in [1.29, 1.82) is 0 Å². The summed E-state index contributed by atoms with van der Waals surface area (Å²) >= 11 is 7.09. The largest absolute Gasteiger partial charge is 0.484 e. The van der Waals surface area contributed by atoms with Crippen LogP contribution in [-0.4, -0.2) is 6.04 Å². The van der Waals surface area contributed by atoms with Gasteiger partial charge in [0.15, 0.2) is 0 Å². The molecule has 0 aliphatic carbocycles. The predicted molar refractivity (Wildman–Crippen MR) is 94.7 cm³/mol. The second-order valence-corrected chi connectivity index (χ2v) is 6.81. The normalized spacial score (nSPS) is 13.8. The van der Waals surface area contributed by atoms with E-state index in [1.54, 1.807) is 0 Å². The van der Waals surface area contributed by atoms with Crippen molar-refractivity contribution in [2.45, 2.75) is 32.4 Å². The SMILES string of the molecule is CCC(N)C(Oc1cc(Br)ccc1C)c1ccccc1Br. The van der Waals surface area contributed by atoms with Gasteiger partial charge in [0.25, 0.3) is 0 Å². The number of hydrogen-bond acceptors (Lipinski definition) is 2. The van der Waals surface area contributed by atoms with E-state index < -0.39 is 0 Å². The Morgan fingerprint density at radius 2 is 1.86 bits per heavy atom. The smallest absolute Gasteiger partial charge is 0.140 e. The standard InChI is InChI=1S/C17H19Br2NO/c1-3-15(20)17(13-6-4-5-7-14(13)19)21-16-10-12(18)9-8-11(16)2/h4-10,15,17H,3,20H2,1-2H3. The van der Waals surface area contributed by atoms with Crippen molar-refractivity contribution in [3.05, 3.63) is 62.5 Å². The lowest BCUT2D eigenvalue weighted by molar-refractivity contribution is 0.169. The second-order valence-electron chi connectivity index (χ2n) is 5.04. The highest BCUT2D eigenvalue weighted by Gasteiger charge is 2.23. The molecule has 112 valence electrons. The fourth-order valence-corrected chi connectivity index (χ4v) is 2.99. The first kappa shape index (κ1) is 16.5. The van der Waals surface area contributed by atoms with Gasteiger partial charge < -0.3 is 10.5 Å². The Bertz CT molecular complexity index is 615. The molecule has 4 heteroatoms. The summed E-state index contributed by atoms with van der Waals surface area (Å²) in [6.45, 7) is 4.11. The molecule has 21 heavy (non-hydrogen) atoms. The van der Waals surface area contributed by atoms with E-state index in [4.69, 9.17) is 10.5 Å². The van der Waals surface area contributed by atoms with E-state index >= 15 is 0 Å². The van der Waals surface area contributed by atoms with E-state index in [2.05, 4.69) is 44.8 Å². The molecule has 2 unspecified atom stereocenters. The molecule has 0 heterocycles. The Labute approximate surface area is 143 Å². The van der Waals surface area contributed by atoms with Crippen LogP contribution in [0.5, 0.6) is 5.75 Å². The third-order valence-electron chi connectivity index (χ3n) is 3.48. The van der Waals surface area contributed by atoms with E-state index in [0.717, 1.165) is 32.2 Å². The van der Waals surface area contributed by atoms with E-state index in [1.807, 2.05) is 43.3 Å². The van der Waals surface area contributed by atoms with E-state index in [1.165, 1.54) is 0 Å². The van der Waals surface area contributed by atoms with Crippen molar-refractivity contribution in [3.8, 4) is 5.75 Å². The molecule has 2 aromatic carbocycles. The van der Waals surface area contributed by atoms with Gasteiger partial charge in [-0.2, -0.15) is 0 Å². The summed E-state index contributed by atoms with van der Waals surface area (Å²) in [6.07, 6.45) is 0.664. The molecule has 0 saturated carbocycles. The van der Waals surface area contributed by atoms with Crippen LogP contribution in [0.1, 0.15) is 30.6 Å². The first-order valence-corrected chi connectivity index (χ1v) is 8.54. The minimum Gasteiger partial charge on any atom is -0.484 e. The van der Waals surface area contributed by atoms with Crippen LogP contribution in [0.2, 0.25) is 0 Å². The fraction of sp³-hybridized carbons (Fsp3) is 0.294. The quantitative estimate of drug-likeness (QED) is 0.715. The van der Waals surface area contributed by atoms with Crippen molar-refractivity contribution >= 4 is 31.9 Å². The molecule has 2 atom stereocenters. The van der Waals surface area contributed by atoms with Gasteiger partial charge in [-0.25, -0.2) is 0 Å². The number of aryl methyl sites for hydroxylation is 1. The summed E-state index contributed by atoms with van der Waals surface area (Å²) < 4.78 is 8.28. The Morgan fingerprint density at radius 1 is 1.14 bits per heavy atom. The molecule has 0 bridgehead atoms. The zero-order valence-corrected chi connectivity index (χ0v) is 15.3. The van der Waals surface area contributed by atoms with Crippen LogP contribution in [0.25, 0.3) is 0 Å². The van der Waals surface area contributed by atoms with Crippen molar-refractivity contribution < 1.29 is 4.74 Å². The molecular weight excluding hydrogens is 394 g/mol. The summed E-state index contributed by atoms with van der Waals surface area (Å²) in [5.41, 5.74) is 8.47. The molecule has 0 spiro atoms. The minimum absolute atomic E-state index is 0.0675. The topological polar surface area (TPSA) is 35.2 Å². The third-order valence-corrected chi connectivity index (χ3v) is 4.69. The zero-order valence-electron chi connectivity index (χ0n) is 12.1. The maximum absolute atomic E-state index is 6.30. The molecule has 0 saturated heterocycles. The average Bonchev–Trinajstić information content (AvgIpc) is 2.48. The number of halogens is 2.